The van der Waals surface area contributed by atoms with Crippen LogP contribution in [0.3, 0.4) is 0 Å². The van der Waals surface area contributed by atoms with E-state index in [1.807, 2.05) is 0 Å². The Hall–Kier alpha value is -1.58. The van der Waals surface area contributed by atoms with Gasteiger partial charge in [-0.1, -0.05) is 23.2 Å². The minimum absolute atomic E-state index is 0.0998. The Kier molecular flexibility index (Phi) is 4.08. The van der Waals surface area contributed by atoms with Crippen LogP contribution in [0.15, 0.2) is 36.4 Å². The first kappa shape index (κ1) is 13.8. The van der Waals surface area contributed by atoms with Gasteiger partial charge in [-0.3, -0.25) is 4.79 Å². The maximum Gasteiger partial charge on any atom is 0.159 e. The monoisotopic (exact) mass is 298 g/mol. The topological polar surface area (TPSA) is 26.3 Å². The number of Topliss-reactive ketones (excluding diaryl/α,β-unsaturated/α-hetero) is 1. The quantitative estimate of drug-likeness (QED) is 0.735. The van der Waals surface area contributed by atoms with Crippen LogP contribution in [-0.2, 0) is 0 Å². The van der Waals surface area contributed by atoms with E-state index in [0.717, 1.165) is 6.07 Å². The molecular formula is C14H9Cl2FO2. The van der Waals surface area contributed by atoms with Gasteiger partial charge >= 0.3 is 0 Å². The molecule has 0 fully saturated rings. The fraction of sp³-hybridized carbons (Fsp3) is 0.0714. The minimum atomic E-state index is -0.462. The Morgan fingerprint density at radius 3 is 2.42 bits per heavy atom. The summed E-state index contributed by atoms with van der Waals surface area (Å²) in [5.41, 5.74) is 0.475. The van der Waals surface area contributed by atoms with Crippen LogP contribution >= 0.6 is 23.2 Å². The lowest BCUT2D eigenvalue weighted by Gasteiger charge is -2.09. The zero-order valence-electron chi connectivity index (χ0n) is 9.91. The number of ketones is 1. The Balaban J connectivity index is 2.33. The molecule has 5 heteroatoms. The first-order valence-corrected chi connectivity index (χ1v) is 6.16. The van der Waals surface area contributed by atoms with Crippen molar-refractivity contribution in [2.75, 3.05) is 0 Å². The highest BCUT2D eigenvalue weighted by Gasteiger charge is 2.10. The number of rotatable bonds is 3. The Labute approximate surface area is 119 Å². The summed E-state index contributed by atoms with van der Waals surface area (Å²) in [5.74, 6) is -0.0913. The normalized spacial score (nSPS) is 10.3. The average Bonchev–Trinajstić information content (AvgIpc) is 2.36. The first-order chi connectivity index (χ1) is 8.97. The number of benzene rings is 2. The van der Waals surface area contributed by atoms with Crippen LogP contribution in [-0.4, -0.2) is 5.78 Å². The first-order valence-electron chi connectivity index (χ1n) is 5.41. The molecule has 0 unspecified atom stereocenters. The van der Waals surface area contributed by atoms with Crippen LogP contribution in [0.25, 0.3) is 0 Å². The summed E-state index contributed by atoms with van der Waals surface area (Å²) in [5, 5.41) is 0.529. The molecule has 0 radical (unpaired) electrons. The molecule has 0 aliphatic carbocycles. The van der Waals surface area contributed by atoms with Crippen molar-refractivity contribution >= 4 is 29.0 Å². The predicted octanol–water partition coefficient (Wildman–Crippen LogP) is 5.13. The highest BCUT2D eigenvalue weighted by atomic mass is 35.5. The molecule has 0 amide bonds. The van der Waals surface area contributed by atoms with Crippen LogP contribution in [0.1, 0.15) is 17.3 Å². The van der Waals surface area contributed by atoms with E-state index >= 15 is 0 Å². The zero-order valence-corrected chi connectivity index (χ0v) is 11.4. The molecule has 0 heterocycles. The van der Waals surface area contributed by atoms with Crippen LogP contribution in [0.4, 0.5) is 4.39 Å². The summed E-state index contributed by atoms with van der Waals surface area (Å²) < 4.78 is 18.5. The largest absolute Gasteiger partial charge is 0.454 e. The highest BCUT2D eigenvalue weighted by Crippen LogP contribution is 2.34. The van der Waals surface area contributed by atoms with Gasteiger partial charge in [-0.15, -0.1) is 0 Å². The number of halogens is 3. The lowest BCUT2D eigenvalue weighted by Crippen LogP contribution is -1.93. The summed E-state index contributed by atoms with van der Waals surface area (Å²) in [6, 6.07) is 8.40. The molecule has 19 heavy (non-hydrogen) atoms. The van der Waals surface area contributed by atoms with Crippen molar-refractivity contribution in [2.45, 2.75) is 6.92 Å². The number of carbonyl (C=O) groups excluding carboxylic acids is 1. The van der Waals surface area contributed by atoms with E-state index in [4.69, 9.17) is 27.9 Å². The predicted molar refractivity (Wildman–Crippen MR) is 72.9 cm³/mol. The summed E-state index contributed by atoms with van der Waals surface area (Å²) in [6.07, 6.45) is 0. The highest BCUT2D eigenvalue weighted by molar-refractivity contribution is 6.33. The second-order valence-electron chi connectivity index (χ2n) is 3.88. The van der Waals surface area contributed by atoms with Crippen LogP contribution in [0, 0.1) is 5.82 Å². The number of hydrogen-bond acceptors (Lipinski definition) is 2. The standard InChI is InChI=1S/C14H9Cl2FO2/c1-8(18)9-2-5-13(12(16)6-9)19-14-7-10(17)3-4-11(14)15/h2-7H,1H3. The SMILES string of the molecule is CC(=O)c1ccc(Oc2cc(F)ccc2Cl)c(Cl)c1. The Morgan fingerprint density at radius 1 is 1.05 bits per heavy atom. The maximum atomic E-state index is 13.1. The van der Waals surface area contributed by atoms with Crippen LogP contribution in [0.5, 0.6) is 11.5 Å². The van der Waals surface area contributed by atoms with E-state index in [-0.39, 0.29) is 21.6 Å². The van der Waals surface area contributed by atoms with Gasteiger partial charge < -0.3 is 4.74 Å². The van der Waals surface area contributed by atoms with E-state index in [1.165, 1.54) is 25.1 Å². The van der Waals surface area contributed by atoms with Crippen molar-refractivity contribution in [1.29, 1.82) is 0 Å². The van der Waals surface area contributed by atoms with Gasteiger partial charge in [0.2, 0.25) is 0 Å². The van der Waals surface area contributed by atoms with Crippen molar-refractivity contribution < 1.29 is 13.9 Å². The molecule has 0 N–H and O–H groups in total. The van der Waals surface area contributed by atoms with Crippen LogP contribution in [0.2, 0.25) is 10.0 Å². The fourth-order valence-corrected chi connectivity index (χ4v) is 1.85. The third kappa shape index (κ3) is 3.25. The fourth-order valence-electron chi connectivity index (χ4n) is 1.48. The Morgan fingerprint density at radius 2 is 1.79 bits per heavy atom. The maximum absolute atomic E-state index is 13.1. The summed E-state index contributed by atoms with van der Waals surface area (Å²) in [4.78, 5) is 11.2. The number of carbonyl (C=O) groups is 1. The lowest BCUT2D eigenvalue weighted by molar-refractivity contribution is 0.101. The molecule has 0 aliphatic heterocycles. The molecule has 2 rings (SSSR count). The molecule has 0 saturated carbocycles. The van der Waals surface area contributed by atoms with Crippen molar-refractivity contribution in [3.05, 3.63) is 57.8 Å². The second-order valence-corrected chi connectivity index (χ2v) is 4.69. The van der Waals surface area contributed by atoms with Gasteiger partial charge in [0.05, 0.1) is 10.0 Å². The van der Waals surface area contributed by atoms with Crippen LogP contribution < -0.4 is 4.74 Å². The molecule has 2 nitrogen and oxygen atoms in total. The van der Waals surface area contributed by atoms with E-state index in [2.05, 4.69) is 0 Å². The molecule has 0 atom stereocenters. The van der Waals surface area contributed by atoms with E-state index in [9.17, 15) is 9.18 Å². The second kappa shape index (κ2) is 5.59. The smallest absolute Gasteiger partial charge is 0.159 e. The van der Waals surface area contributed by atoms with Crippen molar-refractivity contribution in [2.24, 2.45) is 0 Å². The van der Waals surface area contributed by atoms with Gasteiger partial charge in [0, 0.05) is 11.6 Å². The third-order valence-corrected chi connectivity index (χ3v) is 3.06. The molecule has 0 aliphatic rings. The summed E-state index contributed by atoms with van der Waals surface area (Å²) in [6.45, 7) is 1.44. The summed E-state index contributed by atoms with van der Waals surface area (Å²) >= 11 is 11.9. The molecular weight excluding hydrogens is 290 g/mol. The Bertz CT molecular complexity index is 641. The van der Waals surface area contributed by atoms with Crippen molar-refractivity contribution in [1.82, 2.24) is 0 Å². The average molecular weight is 299 g/mol. The van der Waals surface area contributed by atoms with Gasteiger partial charge in [0.25, 0.3) is 0 Å². The lowest BCUT2D eigenvalue weighted by atomic mass is 10.1. The summed E-state index contributed by atoms with van der Waals surface area (Å²) in [7, 11) is 0. The molecule has 0 bridgehead atoms. The molecule has 98 valence electrons. The zero-order chi connectivity index (χ0) is 14.0. The van der Waals surface area contributed by atoms with Gasteiger partial charge in [-0.05, 0) is 37.3 Å². The van der Waals surface area contributed by atoms with Crippen molar-refractivity contribution in [3.8, 4) is 11.5 Å². The minimum Gasteiger partial charge on any atom is -0.454 e. The van der Waals surface area contributed by atoms with E-state index in [1.54, 1.807) is 12.1 Å². The molecule has 0 saturated heterocycles. The number of ether oxygens (including phenoxy) is 1. The van der Waals surface area contributed by atoms with Gasteiger partial charge in [-0.2, -0.15) is 0 Å². The van der Waals surface area contributed by atoms with Gasteiger partial charge in [-0.25, -0.2) is 4.39 Å². The molecule has 0 aromatic heterocycles. The molecule has 2 aromatic rings. The van der Waals surface area contributed by atoms with Crippen molar-refractivity contribution in [3.63, 3.8) is 0 Å². The third-order valence-electron chi connectivity index (χ3n) is 2.45. The van der Waals surface area contributed by atoms with E-state index < -0.39 is 5.82 Å². The molecule has 2 aromatic carbocycles. The van der Waals surface area contributed by atoms with E-state index in [0.29, 0.717) is 11.3 Å². The number of hydrogen-bond donors (Lipinski definition) is 0. The van der Waals surface area contributed by atoms with Gasteiger partial charge in [0.1, 0.15) is 17.3 Å². The van der Waals surface area contributed by atoms with Gasteiger partial charge in [0.15, 0.2) is 5.78 Å². The molecule has 0 spiro atoms.